The maximum absolute atomic E-state index is 5.31. The molecule has 17 heavy (non-hydrogen) atoms. The van der Waals surface area contributed by atoms with Gasteiger partial charge in [-0.2, -0.15) is 0 Å². The van der Waals surface area contributed by atoms with Crippen molar-refractivity contribution in [2.45, 2.75) is 32.4 Å². The molecule has 1 unspecified atom stereocenters. The van der Waals surface area contributed by atoms with Crippen LogP contribution < -0.4 is 5.32 Å². The molecule has 0 saturated heterocycles. The van der Waals surface area contributed by atoms with Crippen molar-refractivity contribution in [2.24, 2.45) is 0 Å². The van der Waals surface area contributed by atoms with Crippen molar-refractivity contribution in [2.75, 3.05) is 0 Å². The highest BCUT2D eigenvalue weighted by Gasteiger charge is 2.03. The van der Waals surface area contributed by atoms with Crippen molar-refractivity contribution in [1.29, 1.82) is 0 Å². The van der Waals surface area contributed by atoms with Crippen LogP contribution in [0.4, 0.5) is 0 Å². The summed E-state index contributed by atoms with van der Waals surface area (Å²) >= 11 is 0. The van der Waals surface area contributed by atoms with Gasteiger partial charge in [-0.25, -0.2) is 0 Å². The number of pyridine rings is 1. The van der Waals surface area contributed by atoms with E-state index in [2.05, 4.69) is 17.2 Å². The van der Waals surface area contributed by atoms with Crippen molar-refractivity contribution >= 4 is 0 Å². The number of aromatic nitrogens is 1. The lowest BCUT2D eigenvalue weighted by atomic mass is 10.1. The Bertz CT molecular complexity index is 411. The van der Waals surface area contributed by atoms with Crippen LogP contribution in [0.3, 0.4) is 0 Å². The summed E-state index contributed by atoms with van der Waals surface area (Å²) in [5.41, 5.74) is 1.08. The maximum Gasteiger partial charge on any atom is 0.103 e. The van der Waals surface area contributed by atoms with E-state index in [-0.39, 0.29) is 0 Å². The average molecular weight is 230 g/mol. The molecule has 0 amide bonds. The zero-order chi connectivity index (χ0) is 11.9. The van der Waals surface area contributed by atoms with E-state index < -0.39 is 0 Å². The molecule has 2 rings (SSSR count). The zero-order valence-electron chi connectivity index (χ0n) is 10.1. The van der Waals surface area contributed by atoms with Gasteiger partial charge in [0.2, 0.25) is 0 Å². The fourth-order valence-corrected chi connectivity index (χ4v) is 1.70. The monoisotopic (exact) mass is 230 g/mol. The highest BCUT2D eigenvalue weighted by molar-refractivity contribution is 5.03. The van der Waals surface area contributed by atoms with Crippen LogP contribution in [0.2, 0.25) is 0 Å². The molecule has 3 heteroatoms. The minimum Gasteiger partial charge on any atom is -0.469 e. The molecule has 0 aliphatic rings. The molecule has 1 N–H and O–H groups in total. The SMILES string of the molecule is CC(CCc1ccco1)NCc1ccccn1. The van der Waals surface area contributed by atoms with Gasteiger partial charge in [-0.1, -0.05) is 6.07 Å². The van der Waals surface area contributed by atoms with Gasteiger partial charge < -0.3 is 9.73 Å². The fraction of sp³-hybridized carbons (Fsp3) is 0.357. The molecule has 2 aromatic rings. The molecule has 1 atom stereocenters. The van der Waals surface area contributed by atoms with Crippen molar-refractivity contribution in [3.63, 3.8) is 0 Å². The molecule has 0 bridgehead atoms. The lowest BCUT2D eigenvalue weighted by molar-refractivity contribution is 0.458. The van der Waals surface area contributed by atoms with E-state index in [0.717, 1.165) is 30.8 Å². The number of nitrogens with zero attached hydrogens (tertiary/aromatic N) is 1. The third-order valence-electron chi connectivity index (χ3n) is 2.76. The molecule has 0 saturated carbocycles. The Labute approximate surface area is 102 Å². The molecule has 90 valence electrons. The minimum atomic E-state index is 0.460. The van der Waals surface area contributed by atoms with Crippen LogP contribution in [0, 0.1) is 0 Å². The van der Waals surface area contributed by atoms with Crippen molar-refractivity contribution in [3.05, 3.63) is 54.2 Å². The average Bonchev–Trinajstić information content (AvgIpc) is 2.88. The number of aryl methyl sites for hydroxylation is 1. The van der Waals surface area contributed by atoms with Crippen molar-refractivity contribution < 1.29 is 4.42 Å². The molecule has 3 nitrogen and oxygen atoms in total. The molecule has 2 heterocycles. The van der Waals surface area contributed by atoms with E-state index in [9.17, 15) is 0 Å². The predicted molar refractivity (Wildman–Crippen MR) is 67.6 cm³/mol. The van der Waals surface area contributed by atoms with Crippen molar-refractivity contribution in [3.8, 4) is 0 Å². The second-order valence-electron chi connectivity index (χ2n) is 4.22. The van der Waals surface area contributed by atoms with Crippen LogP contribution in [0.1, 0.15) is 24.8 Å². The summed E-state index contributed by atoms with van der Waals surface area (Å²) in [6.45, 7) is 3.01. The Morgan fingerprint density at radius 2 is 2.24 bits per heavy atom. The second-order valence-corrected chi connectivity index (χ2v) is 4.22. The summed E-state index contributed by atoms with van der Waals surface area (Å²) in [5.74, 6) is 1.05. The highest BCUT2D eigenvalue weighted by Crippen LogP contribution is 2.06. The van der Waals surface area contributed by atoms with E-state index in [1.165, 1.54) is 0 Å². The second kappa shape index (κ2) is 6.21. The summed E-state index contributed by atoms with van der Waals surface area (Å²) in [6.07, 6.45) is 5.59. The van der Waals surface area contributed by atoms with Gasteiger partial charge in [-0.15, -0.1) is 0 Å². The summed E-state index contributed by atoms with van der Waals surface area (Å²) < 4.78 is 5.31. The van der Waals surface area contributed by atoms with Crippen LogP contribution in [0.25, 0.3) is 0 Å². The van der Waals surface area contributed by atoms with Gasteiger partial charge in [0, 0.05) is 25.2 Å². The quantitative estimate of drug-likeness (QED) is 0.829. The lowest BCUT2D eigenvalue weighted by Crippen LogP contribution is -2.26. The predicted octanol–water partition coefficient (Wildman–Crippen LogP) is 2.79. The largest absolute Gasteiger partial charge is 0.469 e. The molecule has 0 fully saturated rings. The fourth-order valence-electron chi connectivity index (χ4n) is 1.70. The number of nitrogens with one attached hydrogen (secondary N) is 1. The molecular formula is C14H18N2O. The van der Waals surface area contributed by atoms with Gasteiger partial charge in [0.15, 0.2) is 0 Å². The van der Waals surface area contributed by atoms with Gasteiger partial charge in [0.25, 0.3) is 0 Å². The summed E-state index contributed by atoms with van der Waals surface area (Å²) in [5, 5.41) is 3.46. The first-order valence-electron chi connectivity index (χ1n) is 6.00. The topological polar surface area (TPSA) is 38.1 Å². The Kier molecular flexibility index (Phi) is 4.33. The molecule has 0 aliphatic heterocycles. The Hall–Kier alpha value is -1.61. The molecule has 0 radical (unpaired) electrons. The Morgan fingerprint density at radius 3 is 2.94 bits per heavy atom. The van der Waals surface area contributed by atoms with Crippen LogP contribution in [-0.2, 0) is 13.0 Å². The zero-order valence-corrected chi connectivity index (χ0v) is 10.1. The Morgan fingerprint density at radius 1 is 1.29 bits per heavy atom. The molecule has 0 spiro atoms. The van der Waals surface area contributed by atoms with Crippen LogP contribution in [-0.4, -0.2) is 11.0 Å². The third-order valence-corrected chi connectivity index (χ3v) is 2.76. The van der Waals surface area contributed by atoms with Gasteiger partial charge in [-0.3, -0.25) is 4.98 Å². The first-order valence-corrected chi connectivity index (χ1v) is 6.00. The van der Waals surface area contributed by atoms with Crippen LogP contribution >= 0.6 is 0 Å². The van der Waals surface area contributed by atoms with Gasteiger partial charge in [0.05, 0.1) is 12.0 Å². The van der Waals surface area contributed by atoms with Crippen molar-refractivity contribution in [1.82, 2.24) is 10.3 Å². The Balaban J connectivity index is 1.69. The summed E-state index contributed by atoms with van der Waals surface area (Å²) in [6, 6.07) is 10.4. The number of rotatable bonds is 6. The standard InChI is InChI=1S/C14H18N2O/c1-12(7-8-14-6-4-10-17-14)16-11-13-5-2-3-9-15-13/h2-6,9-10,12,16H,7-8,11H2,1H3. The van der Waals surface area contributed by atoms with Crippen LogP contribution in [0.5, 0.6) is 0 Å². The molecule has 0 aliphatic carbocycles. The highest BCUT2D eigenvalue weighted by atomic mass is 16.3. The summed E-state index contributed by atoms with van der Waals surface area (Å²) in [4.78, 5) is 4.28. The molecular weight excluding hydrogens is 212 g/mol. The minimum absolute atomic E-state index is 0.460. The third kappa shape index (κ3) is 4.04. The first-order chi connectivity index (χ1) is 8.34. The first kappa shape index (κ1) is 11.9. The van der Waals surface area contributed by atoms with Gasteiger partial charge in [-0.05, 0) is 37.6 Å². The van der Waals surface area contributed by atoms with Gasteiger partial charge in [0.1, 0.15) is 5.76 Å². The van der Waals surface area contributed by atoms with E-state index in [1.54, 1.807) is 6.26 Å². The van der Waals surface area contributed by atoms with Crippen LogP contribution in [0.15, 0.2) is 47.2 Å². The van der Waals surface area contributed by atoms with E-state index in [4.69, 9.17) is 4.42 Å². The number of hydrogen-bond acceptors (Lipinski definition) is 3. The van der Waals surface area contributed by atoms with E-state index in [1.807, 2.05) is 36.5 Å². The summed E-state index contributed by atoms with van der Waals surface area (Å²) in [7, 11) is 0. The smallest absolute Gasteiger partial charge is 0.103 e. The number of hydrogen-bond donors (Lipinski definition) is 1. The lowest BCUT2D eigenvalue weighted by Gasteiger charge is -2.12. The van der Waals surface area contributed by atoms with E-state index >= 15 is 0 Å². The molecule has 2 aromatic heterocycles. The maximum atomic E-state index is 5.31. The van der Waals surface area contributed by atoms with E-state index in [0.29, 0.717) is 6.04 Å². The number of furan rings is 1. The molecule has 0 aromatic carbocycles. The normalized spacial score (nSPS) is 12.5. The van der Waals surface area contributed by atoms with Gasteiger partial charge >= 0.3 is 0 Å².